The molecule has 2 aromatic rings. The van der Waals surface area contributed by atoms with Crippen molar-refractivity contribution in [1.29, 1.82) is 0 Å². The fourth-order valence-electron chi connectivity index (χ4n) is 3.46. The maximum atomic E-state index is 2.61. The first-order valence-corrected chi connectivity index (χ1v) is 6.90. The van der Waals surface area contributed by atoms with Crippen molar-refractivity contribution in [2.45, 2.75) is 39.8 Å². The van der Waals surface area contributed by atoms with Crippen molar-refractivity contribution >= 4 is 28.2 Å². The monoisotopic (exact) mass is 237 g/mol. The SMILES string of the molecule is CC(C)[N+](=[B-]1c2cccc3cccc1c23)C(C)C. The largest absolute Gasteiger partial charge is 0.487 e. The van der Waals surface area contributed by atoms with Crippen LogP contribution in [0.5, 0.6) is 0 Å². The highest BCUT2D eigenvalue weighted by Crippen LogP contribution is 2.17. The van der Waals surface area contributed by atoms with E-state index < -0.39 is 0 Å². The Hall–Kier alpha value is -1.44. The lowest BCUT2D eigenvalue weighted by atomic mass is 9.45. The molecule has 0 unspecified atom stereocenters. The number of nitrogens with zero attached hydrogens (tertiary/aromatic N) is 1. The zero-order valence-electron chi connectivity index (χ0n) is 11.6. The molecule has 2 aromatic carbocycles. The molecule has 0 aromatic heterocycles. The Bertz CT molecular complexity index is 602. The van der Waals surface area contributed by atoms with Gasteiger partial charge in [0, 0.05) is 0 Å². The third kappa shape index (κ3) is 1.48. The van der Waals surface area contributed by atoms with E-state index in [9.17, 15) is 0 Å². The van der Waals surface area contributed by atoms with Crippen LogP contribution in [-0.4, -0.2) is 23.1 Å². The van der Waals surface area contributed by atoms with Crippen molar-refractivity contribution in [2.24, 2.45) is 0 Å². The van der Waals surface area contributed by atoms with Crippen molar-refractivity contribution in [2.75, 3.05) is 0 Å². The molecule has 0 saturated carbocycles. The second kappa shape index (κ2) is 4.05. The van der Waals surface area contributed by atoms with Gasteiger partial charge in [0.2, 0.25) is 6.51 Å². The molecule has 92 valence electrons. The standard InChI is InChI=1S/C16H20BN/c1-11(2)18(12(3)4)17-14-9-5-7-13-8-6-10-15(17)16(13)14/h5-12H,1-4H3. The lowest BCUT2D eigenvalue weighted by Gasteiger charge is -2.36. The third-order valence-corrected chi connectivity index (χ3v) is 4.05. The van der Waals surface area contributed by atoms with E-state index in [4.69, 9.17) is 0 Å². The van der Waals surface area contributed by atoms with Crippen molar-refractivity contribution in [3.63, 3.8) is 0 Å². The van der Waals surface area contributed by atoms with E-state index in [2.05, 4.69) is 68.6 Å². The van der Waals surface area contributed by atoms with Crippen LogP contribution >= 0.6 is 0 Å². The van der Waals surface area contributed by atoms with E-state index in [1.165, 1.54) is 21.7 Å². The molecule has 3 rings (SSSR count). The Labute approximate surface area is 109 Å². The molecule has 1 nitrogen and oxygen atoms in total. The molecule has 0 radical (unpaired) electrons. The topological polar surface area (TPSA) is 3.01 Å². The average Bonchev–Trinajstić information content (AvgIpc) is 2.33. The second-order valence-corrected chi connectivity index (χ2v) is 5.83. The van der Waals surface area contributed by atoms with E-state index in [1.54, 1.807) is 0 Å². The van der Waals surface area contributed by atoms with E-state index in [0.29, 0.717) is 18.6 Å². The number of rotatable bonds is 2. The minimum absolute atomic E-state index is 0.491. The minimum atomic E-state index is 0.491. The molecule has 0 atom stereocenters. The summed E-state index contributed by atoms with van der Waals surface area (Å²) in [5.41, 5.74) is 3.01. The Morgan fingerprint density at radius 3 is 1.78 bits per heavy atom. The number of hydrogen-bond donors (Lipinski definition) is 0. The van der Waals surface area contributed by atoms with Gasteiger partial charge in [-0.05, 0) is 33.1 Å². The van der Waals surface area contributed by atoms with Gasteiger partial charge in [-0.2, -0.15) is 0 Å². The first-order chi connectivity index (χ1) is 8.61. The van der Waals surface area contributed by atoms with Gasteiger partial charge in [0.15, 0.2) is 0 Å². The molecule has 1 heterocycles. The average molecular weight is 237 g/mol. The molecule has 0 fully saturated rings. The lowest BCUT2D eigenvalue weighted by molar-refractivity contribution is -0.576. The lowest BCUT2D eigenvalue weighted by Crippen LogP contribution is -2.55. The van der Waals surface area contributed by atoms with Crippen LogP contribution in [0, 0.1) is 0 Å². The Morgan fingerprint density at radius 2 is 1.33 bits per heavy atom. The smallest absolute Gasteiger partial charge is 0.226 e. The predicted molar refractivity (Wildman–Crippen MR) is 79.5 cm³/mol. The molecular weight excluding hydrogens is 217 g/mol. The summed E-state index contributed by atoms with van der Waals surface area (Å²) in [5.74, 6) is 0. The molecule has 0 N–H and O–H groups in total. The van der Waals surface area contributed by atoms with Crippen LogP contribution in [0.25, 0.3) is 10.8 Å². The van der Waals surface area contributed by atoms with Crippen LogP contribution < -0.4 is 10.9 Å². The summed E-state index contributed by atoms with van der Waals surface area (Å²) in [4.78, 5) is 0. The van der Waals surface area contributed by atoms with Crippen molar-refractivity contribution < 1.29 is 4.48 Å². The number of hydrogen-bond acceptors (Lipinski definition) is 0. The van der Waals surface area contributed by atoms with Gasteiger partial charge in [-0.1, -0.05) is 41.8 Å². The second-order valence-electron chi connectivity index (χ2n) is 5.83. The normalized spacial score (nSPS) is 13.3. The summed E-state index contributed by atoms with van der Waals surface area (Å²) in [6.07, 6.45) is 0. The van der Waals surface area contributed by atoms with Crippen LogP contribution in [0.4, 0.5) is 0 Å². The highest BCUT2D eigenvalue weighted by atomic mass is 15.0. The molecule has 0 amide bonds. The third-order valence-electron chi connectivity index (χ3n) is 4.05. The van der Waals surface area contributed by atoms with Gasteiger partial charge in [-0.15, -0.1) is 10.9 Å². The molecule has 2 heteroatoms. The van der Waals surface area contributed by atoms with E-state index >= 15 is 0 Å². The first kappa shape index (κ1) is 11.6. The van der Waals surface area contributed by atoms with Gasteiger partial charge < -0.3 is 4.48 Å². The first-order valence-electron chi connectivity index (χ1n) is 6.90. The summed E-state index contributed by atoms with van der Waals surface area (Å²) >= 11 is 0. The zero-order chi connectivity index (χ0) is 12.9. The zero-order valence-corrected chi connectivity index (χ0v) is 11.6. The van der Waals surface area contributed by atoms with Gasteiger partial charge in [0.05, 0.1) is 12.1 Å². The summed E-state index contributed by atoms with van der Waals surface area (Å²) in [5, 5.41) is 2.87. The van der Waals surface area contributed by atoms with Gasteiger partial charge in [0.25, 0.3) is 0 Å². The van der Waals surface area contributed by atoms with Crippen LogP contribution in [-0.2, 0) is 0 Å². The van der Waals surface area contributed by atoms with E-state index in [1.807, 2.05) is 0 Å². The Morgan fingerprint density at radius 1 is 0.833 bits per heavy atom. The highest BCUT2D eigenvalue weighted by Gasteiger charge is 2.24. The maximum absolute atomic E-state index is 2.61. The minimum Gasteiger partial charge on any atom is -0.487 e. The molecule has 1 aliphatic heterocycles. The van der Waals surface area contributed by atoms with Crippen LogP contribution in [0.15, 0.2) is 36.4 Å². The molecule has 18 heavy (non-hydrogen) atoms. The summed E-state index contributed by atoms with van der Waals surface area (Å²) in [6, 6.07) is 14.5. The van der Waals surface area contributed by atoms with Gasteiger partial charge in [-0.25, -0.2) is 0 Å². The fourth-order valence-corrected chi connectivity index (χ4v) is 3.46. The van der Waals surface area contributed by atoms with Crippen molar-refractivity contribution in [1.82, 2.24) is 0 Å². The molecule has 0 bridgehead atoms. The van der Waals surface area contributed by atoms with Gasteiger partial charge >= 0.3 is 0 Å². The predicted octanol–water partition coefficient (Wildman–Crippen LogP) is 2.36. The van der Waals surface area contributed by atoms with Crippen molar-refractivity contribution in [3.05, 3.63) is 36.4 Å². The van der Waals surface area contributed by atoms with Crippen molar-refractivity contribution in [3.8, 4) is 0 Å². The highest BCUT2D eigenvalue weighted by molar-refractivity contribution is 6.85. The van der Waals surface area contributed by atoms with E-state index in [0.717, 1.165) is 0 Å². The molecule has 0 spiro atoms. The molecular formula is C16H20BN. The van der Waals surface area contributed by atoms with Crippen LogP contribution in [0.3, 0.4) is 0 Å². The van der Waals surface area contributed by atoms with E-state index in [-0.39, 0.29) is 0 Å². The molecule has 1 aliphatic rings. The summed E-state index contributed by atoms with van der Waals surface area (Å²) in [6.45, 7) is 9.66. The Kier molecular flexibility index (Phi) is 2.62. The molecule has 0 aliphatic carbocycles. The Balaban J connectivity index is 2.32. The summed E-state index contributed by atoms with van der Waals surface area (Å²) < 4.78 is 2.61. The molecule has 0 saturated heterocycles. The quantitative estimate of drug-likeness (QED) is 0.602. The van der Waals surface area contributed by atoms with Gasteiger partial charge in [-0.3, -0.25) is 0 Å². The fraction of sp³-hybridized carbons (Fsp3) is 0.375. The van der Waals surface area contributed by atoms with Crippen LogP contribution in [0.1, 0.15) is 27.7 Å². The van der Waals surface area contributed by atoms with Gasteiger partial charge in [0.1, 0.15) is 0 Å². The summed E-state index contributed by atoms with van der Waals surface area (Å²) in [7, 11) is 0. The number of benzene rings is 2. The maximum Gasteiger partial charge on any atom is 0.226 e. The van der Waals surface area contributed by atoms with Crippen LogP contribution in [0.2, 0.25) is 0 Å².